The van der Waals surface area contributed by atoms with Crippen molar-refractivity contribution in [3.8, 4) is 5.75 Å². The zero-order valence-electron chi connectivity index (χ0n) is 9.16. The molecular weight excluding hydrogens is 186 g/mol. The highest BCUT2D eigenvalue weighted by Crippen LogP contribution is 2.73. The van der Waals surface area contributed by atoms with Crippen molar-refractivity contribution in [1.82, 2.24) is 0 Å². The van der Waals surface area contributed by atoms with E-state index < -0.39 is 0 Å². The first-order chi connectivity index (χ1) is 7.25. The summed E-state index contributed by atoms with van der Waals surface area (Å²) in [7, 11) is 1.75. The first kappa shape index (κ1) is 8.03. The van der Waals surface area contributed by atoms with E-state index in [1.54, 1.807) is 7.11 Å². The van der Waals surface area contributed by atoms with Crippen LogP contribution in [0.1, 0.15) is 24.8 Å². The molecule has 2 nitrogen and oxygen atoms in total. The molecule has 4 rings (SSSR count). The van der Waals surface area contributed by atoms with Crippen molar-refractivity contribution >= 4 is 5.69 Å². The van der Waals surface area contributed by atoms with Crippen molar-refractivity contribution in [2.75, 3.05) is 18.6 Å². The average Bonchev–Trinajstić information content (AvgIpc) is 2.59. The summed E-state index contributed by atoms with van der Waals surface area (Å²) in [6, 6.07) is 7.36. The quantitative estimate of drug-likeness (QED) is 0.691. The molecule has 3 atom stereocenters. The second-order valence-electron chi connectivity index (χ2n) is 5.30. The fourth-order valence-electron chi connectivity index (χ4n) is 3.85. The Morgan fingerprint density at radius 1 is 1.47 bits per heavy atom. The van der Waals surface area contributed by atoms with Gasteiger partial charge in [0.25, 0.3) is 0 Å². The number of hydrogen-bond donors (Lipinski definition) is 0. The third-order valence-corrected chi connectivity index (χ3v) is 4.70. The Bertz CT molecular complexity index is 456. The van der Waals surface area contributed by atoms with Crippen molar-refractivity contribution in [1.29, 1.82) is 0 Å². The van der Waals surface area contributed by atoms with E-state index in [1.165, 1.54) is 24.2 Å². The molecule has 1 saturated heterocycles. The van der Waals surface area contributed by atoms with Crippen LogP contribution in [0.25, 0.3) is 0 Å². The minimum absolute atomic E-state index is 0.583. The Balaban J connectivity index is 1.89. The van der Waals surface area contributed by atoms with E-state index >= 15 is 0 Å². The molecule has 0 aromatic heterocycles. The van der Waals surface area contributed by atoms with Gasteiger partial charge >= 0.3 is 0 Å². The summed E-state index contributed by atoms with van der Waals surface area (Å²) in [6.45, 7) is 3.68. The van der Waals surface area contributed by atoms with E-state index in [1.807, 2.05) is 0 Å². The Kier molecular flexibility index (Phi) is 1.15. The lowest BCUT2D eigenvalue weighted by molar-refractivity contribution is 0.414. The maximum atomic E-state index is 5.31. The maximum absolute atomic E-state index is 5.31. The minimum Gasteiger partial charge on any atom is -0.497 e. The van der Waals surface area contributed by atoms with Gasteiger partial charge < -0.3 is 9.64 Å². The Morgan fingerprint density at radius 3 is 3.13 bits per heavy atom. The van der Waals surface area contributed by atoms with Crippen molar-refractivity contribution in [2.45, 2.75) is 25.3 Å². The predicted octanol–water partition coefficient (Wildman–Crippen LogP) is 2.39. The number of piperidine rings is 1. The van der Waals surface area contributed by atoms with Crippen molar-refractivity contribution in [2.24, 2.45) is 5.41 Å². The molecule has 0 radical (unpaired) electrons. The predicted molar refractivity (Wildman–Crippen MR) is 59.6 cm³/mol. The van der Waals surface area contributed by atoms with Gasteiger partial charge in [-0.3, -0.25) is 0 Å². The normalized spacial score (nSPS) is 38.9. The van der Waals surface area contributed by atoms with Crippen LogP contribution in [-0.4, -0.2) is 19.7 Å². The molecule has 1 aromatic carbocycles. The van der Waals surface area contributed by atoms with Crippen LogP contribution in [0.4, 0.5) is 5.69 Å². The van der Waals surface area contributed by atoms with Crippen LogP contribution >= 0.6 is 0 Å². The van der Waals surface area contributed by atoms with E-state index in [9.17, 15) is 0 Å². The van der Waals surface area contributed by atoms with Crippen LogP contribution in [0, 0.1) is 5.41 Å². The molecule has 1 aliphatic carbocycles. The summed E-state index contributed by atoms with van der Waals surface area (Å²) in [6.07, 6.45) is 1.36. The second-order valence-corrected chi connectivity index (χ2v) is 5.30. The Morgan fingerprint density at radius 2 is 2.33 bits per heavy atom. The molecule has 15 heavy (non-hydrogen) atoms. The zero-order valence-corrected chi connectivity index (χ0v) is 9.16. The van der Waals surface area contributed by atoms with Crippen LogP contribution in [0.5, 0.6) is 5.75 Å². The molecule has 0 N–H and O–H groups in total. The standard InChI is InChI=1S/C13H15NO/c1-13-5-6-14-10-4-3-8(15-2)7-9(10)11(13)12(13)14/h3-4,7,11-12H,5-6H2,1-2H3/t11-,12+,13-/m0/s1. The monoisotopic (exact) mass is 201 g/mol. The fourth-order valence-corrected chi connectivity index (χ4v) is 3.85. The highest BCUT2D eigenvalue weighted by atomic mass is 16.5. The van der Waals surface area contributed by atoms with Gasteiger partial charge in [-0.2, -0.15) is 0 Å². The Labute approximate surface area is 89.8 Å². The van der Waals surface area contributed by atoms with Gasteiger partial charge in [-0.05, 0) is 35.6 Å². The third-order valence-electron chi connectivity index (χ3n) is 4.70. The van der Waals surface area contributed by atoms with Gasteiger partial charge in [0, 0.05) is 24.2 Å². The van der Waals surface area contributed by atoms with Crippen LogP contribution in [0.2, 0.25) is 0 Å². The third kappa shape index (κ3) is 0.715. The van der Waals surface area contributed by atoms with Crippen molar-refractivity contribution in [3.05, 3.63) is 23.8 Å². The van der Waals surface area contributed by atoms with Gasteiger partial charge in [0.05, 0.1) is 7.11 Å². The first-order valence-electron chi connectivity index (χ1n) is 5.70. The van der Waals surface area contributed by atoms with E-state index in [0.29, 0.717) is 5.41 Å². The highest BCUT2D eigenvalue weighted by Gasteiger charge is 2.71. The van der Waals surface area contributed by atoms with Crippen LogP contribution < -0.4 is 9.64 Å². The zero-order chi connectivity index (χ0) is 10.2. The molecule has 0 spiro atoms. The average molecular weight is 201 g/mol. The number of ether oxygens (including phenoxy) is 1. The molecule has 2 heterocycles. The van der Waals surface area contributed by atoms with Gasteiger partial charge in [0.2, 0.25) is 0 Å². The molecule has 0 amide bonds. The minimum atomic E-state index is 0.583. The number of methoxy groups -OCH3 is 1. The van der Waals surface area contributed by atoms with Gasteiger partial charge in [-0.1, -0.05) is 6.92 Å². The molecule has 2 aliphatic heterocycles. The van der Waals surface area contributed by atoms with Crippen LogP contribution in [0.15, 0.2) is 18.2 Å². The molecule has 2 fully saturated rings. The van der Waals surface area contributed by atoms with E-state index in [0.717, 1.165) is 17.7 Å². The molecule has 78 valence electrons. The largest absolute Gasteiger partial charge is 0.497 e. The van der Waals surface area contributed by atoms with Crippen molar-refractivity contribution < 1.29 is 4.74 Å². The highest BCUT2D eigenvalue weighted by molar-refractivity contribution is 5.72. The number of benzene rings is 1. The van der Waals surface area contributed by atoms with Gasteiger partial charge in [-0.15, -0.1) is 0 Å². The van der Waals surface area contributed by atoms with Crippen LogP contribution in [0.3, 0.4) is 0 Å². The summed E-state index contributed by atoms with van der Waals surface area (Å²) < 4.78 is 5.31. The molecular formula is C13H15NO. The number of fused-ring (bicyclic) bond motifs is 4. The van der Waals surface area contributed by atoms with E-state index in [2.05, 4.69) is 30.0 Å². The number of nitrogens with zero attached hydrogens (tertiary/aromatic N) is 1. The first-order valence-corrected chi connectivity index (χ1v) is 5.70. The molecule has 3 aliphatic rings. The lowest BCUT2D eigenvalue weighted by atomic mass is 9.98. The summed E-state index contributed by atoms with van der Waals surface area (Å²) in [5.41, 5.74) is 3.57. The summed E-state index contributed by atoms with van der Waals surface area (Å²) in [5.74, 6) is 1.79. The lowest BCUT2D eigenvalue weighted by Gasteiger charge is -2.17. The number of hydrogen-bond acceptors (Lipinski definition) is 2. The number of rotatable bonds is 1. The molecule has 2 heteroatoms. The molecule has 0 bridgehead atoms. The molecule has 0 unspecified atom stereocenters. The van der Waals surface area contributed by atoms with E-state index in [4.69, 9.17) is 4.74 Å². The second kappa shape index (κ2) is 2.16. The smallest absolute Gasteiger partial charge is 0.119 e. The summed E-state index contributed by atoms with van der Waals surface area (Å²) in [4.78, 5) is 2.60. The van der Waals surface area contributed by atoms with Crippen LogP contribution in [-0.2, 0) is 0 Å². The Hall–Kier alpha value is -1.18. The topological polar surface area (TPSA) is 12.5 Å². The molecule has 1 saturated carbocycles. The lowest BCUT2D eigenvalue weighted by Crippen LogP contribution is -2.19. The fraction of sp³-hybridized carbons (Fsp3) is 0.538. The summed E-state index contributed by atoms with van der Waals surface area (Å²) >= 11 is 0. The van der Waals surface area contributed by atoms with Gasteiger partial charge in [-0.25, -0.2) is 0 Å². The van der Waals surface area contributed by atoms with Gasteiger partial charge in [0.1, 0.15) is 5.75 Å². The maximum Gasteiger partial charge on any atom is 0.119 e. The van der Waals surface area contributed by atoms with E-state index in [-0.39, 0.29) is 0 Å². The van der Waals surface area contributed by atoms with Gasteiger partial charge in [0.15, 0.2) is 0 Å². The summed E-state index contributed by atoms with van der Waals surface area (Å²) in [5, 5.41) is 0. The van der Waals surface area contributed by atoms with Crippen molar-refractivity contribution in [3.63, 3.8) is 0 Å². The number of anilines is 1. The molecule has 1 aromatic rings. The SMILES string of the molecule is COc1ccc2c(c1)[C@H]1[C@H]3N2CC[C@@]13C.